The normalized spacial score (nSPS) is 16.2. The van der Waals surface area contributed by atoms with Gasteiger partial charge in [-0.15, -0.1) is 5.10 Å². The summed E-state index contributed by atoms with van der Waals surface area (Å²) >= 11 is 5.99. The average molecular weight is 313 g/mol. The summed E-state index contributed by atoms with van der Waals surface area (Å²) in [6.45, 7) is 0. The molecule has 0 unspecified atom stereocenters. The Labute approximate surface area is 132 Å². The molecule has 2 aromatic heterocycles. The smallest absolute Gasteiger partial charge is 0.237 e. The zero-order chi connectivity index (χ0) is 15.0. The number of hydrogen-bond acceptors (Lipinski definition) is 5. The maximum absolute atomic E-state index is 5.99. The van der Waals surface area contributed by atoms with Crippen molar-refractivity contribution < 1.29 is 4.52 Å². The summed E-state index contributed by atoms with van der Waals surface area (Å²) in [6, 6.07) is 11.5. The fourth-order valence-electron chi connectivity index (χ4n) is 2.87. The van der Waals surface area contributed by atoms with Crippen molar-refractivity contribution in [2.75, 3.05) is 0 Å². The van der Waals surface area contributed by atoms with Crippen LogP contribution in [0.15, 0.2) is 47.1 Å². The van der Waals surface area contributed by atoms with Gasteiger partial charge in [0.25, 0.3) is 0 Å². The summed E-state index contributed by atoms with van der Waals surface area (Å²) in [4.78, 5) is 4.56. The monoisotopic (exact) mass is 312 g/mol. The van der Waals surface area contributed by atoms with Crippen LogP contribution in [-0.2, 0) is 5.41 Å². The van der Waals surface area contributed by atoms with Crippen molar-refractivity contribution in [2.45, 2.75) is 24.7 Å². The lowest BCUT2D eigenvalue weighted by Gasteiger charge is -2.38. The van der Waals surface area contributed by atoms with E-state index < -0.39 is 0 Å². The molecule has 0 aliphatic heterocycles. The molecular formula is C16H13ClN4O. The van der Waals surface area contributed by atoms with Gasteiger partial charge in [-0.25, -0.2) is 0 Å². The average Bonchev–Trinajstić information content (AvgIpc) is 2.99. The van der Waals surface area contributed by atoms with Gasteiger partial charge in [-0.05, 0) is 42.7 Å². The van der Waals surface area contributed by atoms with Crippen LogP contribution in [-0.4, -0.2) is 20.3 Å². The molecule has 6 heteroatoms. The highest BCUT2D eigenvalue weighted by Crippen LogP contribution is 2.48. The van der Waals surface area contributed by atoms with E-state index >= 15 is 0 Å². The quantitative estimate of drug-likeness (QED) is 0.738. The Bertz CT molecular complexity index is 781. The Morgan fingerprint density at radius 2 is 1.91 bits per heavy atom. The molecule has 0 radical (unpaired) electrons. The van der Waals surface area contributed by atoms with Crippen LogP contribution in [0.3, 0.4) is 0 Å². The summed E-state index contributed by atoms with van der Waals surface area (Å²) < 4.78 is 5.55. The predicted molar refractivity (Wildman–Crippen MR) is 81.4 cm³/mol. The first-order valence-electron chi connectivity index (χ1n) is 7.16. The van der Waals surface area contributed by atoms with Crippen LogP contribution in [0.1, 0.15) is 30.7 Å². The highest BCUT2D eigenvalue weighted by molar-refractivity contribution is 6.30. The molecule has 1 aliphatic rings. The number of aromatic nitrogens is 4. The van der Waals surface area contributed by atoms with Crippen molar-refractivity contribution in [1.29, 1.82) is 0 Å². The standard InChI is InChI=1S/C16H13ClN4O/c17-12-6-4-11(5-7-12)16(8-2-9-16)15-19-14(21-22-15)13-3-1-10-18-20-13/h1,3-7,10H,2,8-9H2. The molecular weight excluding hydrogens is 300 g/mol. The topological polar surface area (TPSA) is 64.7 Å². The van der Waals surface area contributed by atoms with E-state index in [1.807, 2.05) is 30.3 Å². The minimum Gasteiger partial charge on any atom is -0.338 e. The van der Waals surface area contributed by atoms with Crippen LogP contribution in [0.2, 0.25) is 5.02 Å². The highest BCUT2D eigenvalue weighted by atomic mass is 35.5. The maximum Gasteiger partial charge on any atom is 0.237 e. The van der Waals surface area contributed by atoms with E-state index in [2.05, 4.69) is 20.3 Å². The Kier molecular flexibility index (Phi) is 3.15. The van der Waals surface area contributed by atoms with E-state index in [1.165, 1.54) is 0 Å². The van der Waals surface area contributed by atoms with Gasteiger partial charge in [0.2, 0.25) is 11.7 Å². The van der Waals surface area contributed by atoms with E-state index in [9.17, 15) is 0 Å². The summed E-state index contributed by atoms with van der Waals surface area (Å²) in [5.74, 6) is 1.12. The number of nitrogens with zero attached hydrogens (tertiary/aromatic N) is 4. The third-order valence-electron chi connectivity index (χ3n) is 4.24. The molecule has 0 amide bonds. The third-order valence-corrected chi connectivity index (χ3v) is 4.49. The van der Waals surface area contributed by atoms with Crippen LogP contribution in [0.25, 0.3) is 11.5 Å². The van der Waals surface area contributed by atoms with Crippen LogP contribution < -0.4 is 0 Å². The maximum atomic E-state index is 5.99. The van der Waals surface area contributed by atoms with Gasteiger partial charge in [-0.3, -0.25) is 0 Å². The molecule has 22 heavy (non-hydrogen) atoms. The fourth-order valence-corrected chi connectivity index (χ4v) is 2.99. The Hall–Kier alpha value is -2.27. The molecule has 0 N–H and O–H groups in total. The van der Waals surface area contributed by atoms with E-state index in [0.717, 1.165) is 29.8 Å². The van der Waals surface area contributed by atoms with Gasteiger partial charge in [0.15, 0.2) is 0 Å². The molecule has 3 aromatic rings. The minimum atomic E-state index is -0.196. The van der Waals surface area contributed by atoms with Crippen LogP contribution in [0.4, 0.5) is 0 Å². The van der Waals surface area contributed by atoms with Crippen molar-refractivity contribution >= 4 is 11.6 Å². The molecule has 1 fully saturated rings. The summed E-state index contributed by atoms with van der Waals surface area (Å²) in [7, 11) is 0. The first-order chi connectivity index (χ1) is 10.8. The third kappa shape index (κ3) is 2.09. The van der Waals surface area contributed by atoms with Crippen molar-refractivity contribution in [3.8, 4) is 11.5 Å². The van der Waals surface area contributed by atoms with Gasteiger partial charge in [0.1, 0.15) is 5.69 Å². The molecule has 1 aromatic carbocycles. The van der Waals surface area contributed by atoms with Crippen LogP contribution >= 0.6 is 11.6 Å². The van der Waals surface area contributed by atoms with Gasteiger partial charge in [0, 0.05) is 11.2 Å². The lowest BCUT2D eigenvalue weighted by atomic mass is 9.64. The molecule has 2 heterocycles. The van der Waals surface area contributed by atoms with Crippen molar-refractivity contribution in [2.24, 2.45) is 0 Å². The lowest BCUT2D eigenvalue weighted by molar-refractivity contribution is 0.216. The Morgan fingerprint density at radius 3 is 2.55 bits per heavy atom. The van der Waals surface area contributed by atoms with E-state index in [-0.39, 0.29) is 5.41 Å². The molecule has 1 aliphatic carbocycles. The first-order valence-corrected chi connectivity index (χ1v) is 7.54. The van der Waals surface area contributed by atoms with Gasteiger partial charge in [-0.1, -0.05) is 35.3 Å². The van der Waals surface area contributed by atoms with Crippen molar-refractivity contribution in [3.05, 3.63) is 59.1 Å². The van der Waals surface area contributed by atoms with Gasteiger partial charge < -0.3 is 4.52 Å². The Morgan fingerprint density at radius 1 is 1.09 bits per heavy atom. The molecule has 5 nitrogen and oxygen atoms in total. The summed E-state index contributed by atoms with van der Waals surface area (Å²) in [5.41, 5.74) is 1.58. The predicted octanol–water partition coefficient (Wildman–Crippen LogP) is 3.65. The number of benzene rings is 1. The fraction of sp³-hybridized carbons (Fsp3) is 0.250. The van der Waals surface area contributed by atoms with Gasteiger partial charge >= 0.3 is 0 Å². The second kappa shape index (κ2) is 5.18. The minimum absolute atomic E-state index is 0.196. The second-order valence-corrected chi connectivity index (χ2v) is 5.91. The largest absolute Gasteiger partial charge is 0.338 e. The molecule has 0 bridgehead atoms. The van der Waals surface area contributed by atoms with E-state index in [0.29, 0.717) is 17.4 Å². The summed E-state index contributed by atoms with van der Waals surface area (Å²) in [6.07, 6.45) is 4.75. The number of hydrogen-bond donors (Lipinski definition) is 0. The van der Waals surface area contributed by atoms with Gasteiger partial charge in [-0.2, -0.15) is 10.1 Å². The molecule has 110 valence electrons. The first kappa shape index (κ1) is 13.4. The van der Waals surface area contributed by atoms with Gasteiger partial charge in [0.05, 0.1) is 5.41 Å². The molecule has 0 atom stereocenters. The van der Waals surface area contributed by atoms with Crippen LogP contribution in [0.5, 0.6) is 0 Å². The SMILES string of the molecule is Clc1ccc(C2(c3nc(-c4cccnn4)no3)CCC2)cc1. The van der Waals surface area contributed by atoms with Crippen molar-refractivity contribution in [3.63, 3.8) is 0 Å². The molecule has 1 saturated carbocycles. The highest BCUT2D eigenvalue weighted by Gasteiger charge is 2.45. The van der Waals surface area contributed by atoms with Crippen LogP contribution in [0, 0.1) is 0 Å². The Balaban J connectivity index is 1.74. The van der Waals surface area contributed by atoms with Crippen molar-refractivity contribution in [1.82, 2.24) is 20.3 Å². The number of halogens is 1. The van der Waals surface area contributed by atoms with E-state index in [4.69, 9.17) is 16.1 Å². The molecule has 4 rings (SSSR count). The zero-order valence-electron chi connectivity index (χ0n) is 11.7. The van der Waals surface area contributed by atoms with E-state index in [1.54, 1.807) is 12.3 Å². The lowest BCUT2D eigenvalue weighted by Crippen LogP contribution is -2.35. The number of rotatable bonds is 3. The molecule has 0 spiro atoms. The zero-order valence-corrected chi connectivity index (χ0v) is 12.5. The summed E-state index contributed by atoms with van der Waals surface area (Å²) in [5, 5.41) is 12.7. The second-order valence-electron chi connectivity index (χ2n) is 5.47. The molecule has 0 saturated heterocycles.